The standard InChI is InChI=1S/C16H31NO4Si/c1-14(2,3)16(10-9-12(18)17(16)13(19)20)11-21-22(7,8)15(4,5)6/h9-11H2,1-8H3,(H,19,20)/t16-/m0/s1. The number of carboxylic acid groups (broad SMARTS) is 1. The van der Waals surface area contributed by atoms with Crippen molar-refractivity contribution < 1.29 is 19.1 Å². The van der Waals surface area contributed by atoms with Gasteiger partial charge in [0.25, 0.3) is 0 Å². The Bertz CT molecular complexity index is 462. The Hall–Kier alpha value is -0.883. The van der Waals surface area contributed by atoms with Crippen LogP contribution in [0.1, 0.15) is 54.4 Å². The van der Waals surface area contributed by atoms with Crippen LogP contribution in [0.3, 0.4) is 0 Å². The smallest absolute Gasteiger partial charge is 0.414 e. The van der Waals surface area contributed by atoms with Gasteiger partial charge in [0.2, 0.25) is 5.91 Å². The molecule has 22 heavy (non-hydrogen) atoms. The van der Waals surface area contributed by atoms with Crippen molar-refractivity contribution in [2.75, 3.05) is 6.61 Å². The summed E-state index contributed by atoms with van der Waals surface area (Å²) in [6, 6.07) is 0. The molecule has 0 unspecified atom stereocenters. The number of rotatable bonds is 3. The van der Waals surface area contributed by atoms with Crippen molar-refractivity contribution in [1.82, 2.24) is 4.90 Å². The van der Waals surface area contributed by atoms with Crippen LogP contribution in [0.5, 0.6) is 0 Å². The fraction of sp³-hybridized carbons (Fsp3) is 0.875. The minimum atomic E-state index is -2.02. The number of nitrogens with zero attached hydrogens (tertiary/aromatic N) is 1. The third kappa shape index (κ3) is 3.22. The molecule has 0 radical (unpaired) electrons. The molecule has 0 aromatic carbocycles. The van der Waals surface area contributed by atoms with Gasteiger partial charge in [-0.25, -0.2) is 9.69 Å². The van der Waals surface area contributed by atoms with E-state index in [1.54, 1.807) is 0 Å². The lowest BCUT2D eigenvalue weighted by Gasteiger charge is -2.48. The first kappa shape index (κ1) is 19.2. The maximum Gasteiger partial charge on any atom is 0.414 e. The lowest BCUT2D eigenvalue weighted by Crippen LogP contribution is -2.61. The molecule has 1 atom stereocenters. The quantitative estimate of drug-likeness (QED) is 0.792. The van der Waals surface area contributed by atoms with Gasteiger partial charge in [0, 0.05) is 6.42 Å². The molecule has 0 aromatic rings. The van der Waals surface area contributed by atoms with Gasteiger partial charge >= 0.3 is 6.09 Å². The lowest BCUT2D eigenvalue weighted by molar-refractivity contribution is -0.132. The minimum Gasteiger partial charge on any atom is -0.465 e. The fourth-order valence-corrected chi connectivity index (χ4v) is 3.68. The highest BCUT2D eigenvalue weighted by atomic mass is 28.4. The highest BCUT2D eigenvalue weighted by molar-refractivity contribution is 6.74. The molecule has 1 heterocycles. The van der Waals surface area contributed by atoms with Gasteiger partial charge in [0.05, 0.1) is 12.1 Å². The van der Waals surface area contributed by atoms with Gasteiger partial charge in [-0.1, -0.05) is 41.5 Å². The van der Waals surface area contributed by atoms with E-state index in [0.29, 0.717) is 6.42 Å². The van der Waals surface area contributed by atoms with Gasteiger partial charge in [-0.15, -0.1) is 0 Å². The van der Waals surface area contributed by atoms with Gasteiger partial charge < -0.3 is 9.53 Å². The number of imide groups is 1. The van der Waals surface area contributed by atoms with E-state index in [-0.39, 0.29) is 29.4 Å². The molecule has 1 N–H and O–H groups in total. The van der Waals surface area contributed by atoms with E-state index in [4.69, 9.17) is 4.43 Å². The normalized spacial score (nSPS) is 24.0. The second kappa shape index (κ2) is 5.64. The molecule has 1 saturated heterocycles. The summed E-state index contributed by atoms with van der Waals surface area (Å²) in [6.07, 6.45) is -0.378. The van der Waals surface area contributed by atoms with Crippen LogP contribution in [0.4, 0.5) is 4.79 Å². The summed E-state index contributed by atoms with van der Waals surface area (Å²) in [5.74, 6) is -0.318. The third-order valence-electron chi connectivity index (χ3n) is 5.50. The molecular weight excluding hydrogens is 298 g/mol. The average Bonchev–Trinajstić information content (AvgIpc) is 2.63. The summed E-state index contributed by atoms with van der Waals surface area (Å²) in [4.78, 5) is 24.8. The largest absolute Gasteiger partial charge is 0.465 e. The van der Waals surface area contributed by atoms with Crippen molar-refractivity contribution in [2.24, 2.45) is 5.41 Å². The van der Waals surface area contributed by atoms with Gasteiger partial charge in [-0.3, -0.25) is 4.79 Å². The van der Waals surface area contributed by atoms with Crippen molar-refractivity contribution in [3.05, 3.63) is 0 Å². The van der Waals surface area contributed by atoms with E-state index in [1.807, 2.05) is 20.8 Å². The van der Waals surface area contributed by atoms with E-state index in [1.165, 1.54) is 0 Å². The van der Waals surface area contributed by atoms with Crippen LogP contribution in [0.15, 0.2) is 0 Å². The number of likely N-dealkylation sites (tertiary alicyclic amines) is 1. The van der Waals surface area contributed by atoms with Crippen LogP contribution in [0.25, 0.3) is 0 Å². The highest BCUT2D eigenvalue weighted by Gasteiger charge is 2.57. The predicted octanol–water partition coefficient (Wildman–Crippen LogP) is 4.09. The molecule has 1 fully saturated rings. The van der Waals surface area contributed by atoms with Crippen molar-refractivity contribution in [3.8, 4) is 0 Å². The first-order valence-electron chi connectivity index (χ1n) is 7.86. The maximum absolute atomic E-state index is 12.1. The second-order valence-corrected chi connectivity index (χ2v) is 13.7. The summed E-state index contributed by atoms with van der Waals surface area (Å²) >= 11 is 0. The topological polar surface area (TPSA) is 66.8 Å². The second-order valence-electron chi connectivity index (χ2n) is 8.84. The summed E-state index contributed by atoms with van der Waals surface area (Å²) < 4.78 is 6.32. The molecule has 0 spiro atoms. The van der Waals surface area contributed by atoms with Crippen LogP contribution in [0, 0.1) is 5.41 Å². The predicted molar refractivity (Wildman–Crippen MR) is 89.4 cm³/mol. The molecule has 6 heteroatoms. The molecule has 0 aromatic heterocycles. The van der Waals surface area contributed by atoms with E-state index in [2.05, 4.69) is 33.9 Å². The number of hydrogen-bond acceptors (Lipinski definition) is 3. The summed E-state index contributed by atoms with van der Waals surface area (Å²) in [5, 5.41) is 9.58. The van der Waals surface area contributed by atoms with Crippen LogP contribution >= 0.6 is 0 Å². The van der Waals surface area contributed by atoms with Crippen LogP contribution in [0.2, 0.25) is 18.1 Å². The summed E-state index contributed by atoms with van der Waals surface area (Å²) in [5.41, 5.74) is -1.16. The zero-order chi connectivity index (χ0) is 17.6. The van der Waals surface area contributed by atoms with E-state index in [9.17, 15) is 14.7 Å². The third-order valence-corrected chi connectivity index (χ3v) is 9.97. The fourth-order valence-electron chi connectivity index (χ4n) is 2.65. The van der Waals surface area contributed by atoms with Crippen molar-refractivity contribution in [1.29, 1.82) is 0 Å². The Labute approximate surface area is 135 Å². The van der Waals surface area contributed by atoms with Gasteiger partial charge in [0.1, 0.15) is 0 Å². The number of carbonyl (C=O) groups is 2. The molecule has 0 aliphatic carbocycles. The maximum atomic E-state index is 12.1. The first-order chi connectivity index (χ1) is 9.66. The number of amides is 2. The van der Waals surface area contributed by atoms with Gasteiger partial charge in [-0.2, -0.15) is 0 Å². The Morgan fingerprint density at radius 3 is 2.14 bits per heavy atom. The summed E-state index contributed by atoms with van der Waals surface area (Å²) in [7, 11) is -2.02. The first-order valence-corrected chi connectivity index (χ1v) is 10.8. The molecule has 0 bridgehead atoms. The summed E-state index contributed by atoms with van der Waals surface area (Å²) in [6.45, 7) is 17.0. The molecule has 1 aliphatic rings. The monoisotopic (exact) mass is 329 g/mol. The molecule has 5 nitrogen and oxygen atoms in total. The van der Waals surface area contributed by atoms with Crippen LogP contribution in [-0.2, 0) is 9.22 Å². The van der Waals surface area contributed by atoms with E-state index >= 15 is 0 Å². The lowest BCUT2D eigenvalue weighted by atomic mass is 9.72. The van der Waals surface area contributed by atoms with E-state index < -0.39 is 19.9 Å². The SMILES string of the molecule is CC(C)(C)[C@@]1(CO[Si](C)(C)C(C)(C)C)CCC(=O)N1C(=O)O. The molecule has 1 aliphatic heterocycles. The van der Waals surface area contributed by atoms with Crippen molar-refractivity contribution in [3.63, 3.8) is 0 Å². The van der Waals surface area contributed by atoms with Crippen molar-refractivity contribution >= 4 is 20.3 Å². The molecule has 0 saturated carbocycles. The van der Waals surface area contributed by atoms with E-state index in [0.717, 1.165) is 4.90 Å². The molecule has 128 valence electrons. The Kier molecular flexibility index (Phi) is 4.91. The number of carbonyl (C=O) groups excluding carboxylic acids is 1. The van der Waals surface area contributed by atoms with Crippen LogP contribution in [-0.4, -0.2) is 42.5 Å². The zero-order valence-corrected chi connectivity index (χ0v) is 16.2. The minimum absolute atomic E-state index is 0.0444. The Balaban J connectivity index is 3.17. The Morgan fingerprint density at radius 1 is 1.27 bits per heavy atom. The highest BCUT2D eigenvalue weighted by Crippen LogP contribution is 2.46. The zero-order valence-electron chi connectivity index (χ0n) is 15.2. The molecule has 1 rings (SSSR count). The number of hydrogen-bond donors (Lipinski definition) is 1. The van der Waals surface area contributed by atoms with Gasteiger partial charge in [-0.05, 0) is 30.0 Å². The van der Waals surface area contributed by atoms with Crippen LogP contribution < -0.4 is 0 Å². The average molecular weight is 330 g/mol. The molecular formula is C16H31NO4Si. The van der Waals surface area contributed by atoms with Crippen molar-refractivity contribution in [2.45, 2.75) is 78.1 Å². The molecule has 2 amide bonds. The Morgan fingerprint density at radius 2 is 1.77 bits per heavy atom. The van der Waals surface area contributed by atoms with Gasteiger partial charge in [0.15, 0.2) is 8.32 Å².